The highest BCUT2D eigenvalue weighted by Crippen LogP contribution is 2.15. The highest BCUT2D eigenvalue weighted by atomic mass is 15.0. The molecule has 0 bridgehead atoms. The molecule has 0 aliphatic rings. The fraction of sp³-hybridized carbons (Fsp3) is 0.500. The van der Waals surface area contributed by atoms with Gasteiger partial charge in [-0.25, -0.2) is 4.98 Å². The first kappa shape index (κ1) is 8.77. The fourth-order valence-corrected chi connectivity index (χ4v) is 1.20. The van der Waals surface area contributed by atoms with Crippen LogP contribution in [0.1, 0.15) is 24.6 Å². The number of nitrogens with two attached hydrogens (primary N) is 2. The van der Waals surface area contributed by atoms with Crippen molar-refractivity contribution in [3.05, 3.63) is 11.3 Å². The smallest absolute Gasteiger partial charge is 0.222 e. The van der Waals surface area contributed by atoms with E-state index in [1.807, 2.05) is 6.92 Å². The molecule has 12 heavy (non-hydrogen) atoms. The van der Waals surface area contributed by atoms with E-state index in [2.05, 4.69) is 16.9 Å². The molecule has 4 nitrogen and oxygen atoms in total. The third-order valence-electron chi connectivity index (χ3n) is 1.76. The summed E-state index contributed by atoms with van der Waals surface area (Å²) in [5.74, 6) is 0.770. The van der Waals surface area contributed by atoms with E-state index in [1.165, 1.54) is 0 Å². The largest absolute Gasteiger partial charge is 0.383 e. The maximum atomic E-state index is 5.68. The molecule has 0 saturated carbocycles. The molecule has 0 atom stereocenters. The Balaban J connectivity index is 3.10. The summed E-state index contributed by atoms with van der Waals surface area (Å²) in [5.41, 5.74) is 13.0. The Kier molecular flexibility index (Phi) is 2.47. The summed E-state index contributed by atoms with van der Waals surface area (Å²) in [6.07, 6.45) is 1.95. The average molecular weight is 166 g/mol. The minimum atomic E-state index is 0.254. The summed E-state index contributed by atoms with van der Waals surface area (Å²) in [4.78, 5) is 7.94. The zero-order chi connectivity index (χ0) is 9.14. The maximum Gasteiger partial charge on any atom is 0.222 e. The van der Waals surface area contributed by atoms with Gasteiger partial charge in [-0.15, -0.1) is 0 Å². The topological polar surface area (TPSA) is 77.8 Å². The van der Waals surface area contributed by atoms with E-state index >= 15 is 0 Å². The third-order valence-corrected chi connectivity index (χ3v) is 1.76. The van der Waals surface area contributed by atoms with Crippen molar-refractivity contribution in [1.29, 1.82) is 0 Å². The number of aryl methyl sites for hydroxylation is 1. The van der Waals surface area contributed by atoms with Gasteiger partial charge in [0.1, 0.15) is 5.82 Å². The van der Waals surface area contributed by atoms with Crippen LogP contribution >= 0.6 is 0 Å². The number of hydrogen-bond donors (Lipinski definition) is 2. The van der Waals surface area contributed by atoms with Gasteiger partial charge in [-0.1, -0.05) is 13.3 Å². The molecule has 1 aromatic heterocycles. The molecule has 66 valence electrons. The second kappa shape index (κ2) is 3.38. The number of hydrogen-bond acceptors (Lipinski definition) is 4. The van der Waals surface area contributed by atoms with Crippen LogP contribution in [-0.4, -0.2) is 9.97 Å². The van der Waals surface area contributed by atoms with Crippen LogP contribution in [0.25, 0.3) is 0 Å². The molecule has 0 aromatic carbocycles. The molecule has 0 fully saturated rings. The van der Waals surface area contributed by atoms with Crippen LogP contribution in [-0.2, 0) is 6.42 Å². The first-order valence-electron chi connectivity index (χ1n) is 4.03. The molecule has 0 saturated heterocycles. The predicted octanol–water partition coefficient (Wildman–Crippen LogP) is 0.902. The monoisotopic (exact) mass is 166 g/mol. The van der Waals surface area contributed by atoms with E-state index in [4.69, 9.17) is 11.5 Å². The van der Waals surface area contributed by atoms with Gasteiger partial charge in [0.05, 0.1) is 0 Å². The summed E-state index contributed by atoms with van der Waals surface area (Å²) in [6, 6.07) is 0. The van der Waals surface area contributed by atoms with E-state index in [-0.39, 0.29) is 5.95 Å². The Morgan fingerprint density at radius 2 is 1.92 bits per heavy atom. The van der Waals surface area contributed by atoms with Crippen molar-refractivity contribution < 1.29 is 0 Å². The molecule has 0 radical (unpaired) electrons. The van der Waals surface area contributed by atoms with Gasteiger partial charge in [0.25, 0.3) is 0 Å². The van der Waals surface area contributed by atoms with Gasteiger partial charge in [-0.05, 0) is 13.3 Å². The van der Waals surface area contributed by atoms with E-state index in [0.717, 1.165) is 24.1 Å². The summed E-state index contributed by atoms with van der Waals surface area (Å²) in [7, 11) is 0. The zero-order valence-corrected chi connectivity index (χ0v) is 7.46. The van der Waals surface area contributed by atoms with E-state index < -0.39 is 0 Å². The maximum absolute atomic E-state index is 5.68. The number of nitrogen functional groups attached to an aromatic ring is 2. The number of nitrogens with zero attached hydrogens (tertiary/aromatic N) is 2. The molecule has 0 amide bonds. The lowest BCUT2D eigenvalue weighted by Crippen LogP contribution is -2.06. The normalized spacial score (nSPS) is 10.2. The van der Waals surface area contributed by atoms with Crippen LogP contribution in [0.3, 0.4) is 0 Å². The highest BCUT2D eigenvalue weighted by Gasteiger charge is 2.05. The first-order valence-corrected chi connectivity index (χ1v) is 4.03. The molecular weight excluding hydrogens is 152 g/mol. The Labute approximate surface area is 72.0 Å². The van der Waals surface area contributed by atoms with Crippen LogP contribution in [0.4, 0.5) is 11.8 Å². The van der Waals surface area contributed by atoms with Gasteiger partial charge in [0.2, 0.25) is 5.95 Å². The third kappa shape index (κ3) is 1.64. The van der Waals surface area contributed by atoms with Crippen molar-refractivity contribution in [2.24, 2.45) is 0 Å². The van der Waals surface area contributed by atoms with Gasteiger partial charge in [-0.3, -0.25) is 0 Å². The summed E-state index contributed by atoms with van der Waals surface area (Å²) >= 11 is 0. The average Bonchev–Trinajstić information content (AvgIpc) is 1.96. The van der Waals surface area contributed by atoms with Crippen LogP contribution in [0, 0.1) is 6.92 Å². The Morgan fingerprint density at radius 3 is 2.42 bits per heavy atom. The summed E-state index contributed by atoms with van der Waals surface area (Å²) in [6.45, 7) is 3.99. The predicted molar refractivity (Wildman–Crippen MR) is 49.6 cm³/mol. The van der Waals surface area contributed by atoms with Crippen LogP contribution in [0.5, 0.6) is 0 Å². The standard InChI is InChI=1S/C8H14N4/c1-3-4-6-5(2)11-8(10)12-7(6)9/h3-4H2,1-2H3,(H4,9,10,11,12). The number of rotatable bonds is 2. The van der Waals surface area contributed by atoms with Crippen molar-refractivity contribution in [3.8, 4) is 0 Å². The molecule has 0 unspecified atom stereocenters. The minimum absolute atomic E-state index is 0.254. The van der Waals surface area contributed by atoms with Crippen LogP contribution in [0.2, 0.25) is 0 Å². The Bertz CT molecular complexity index is 259. The highest BCUT2D eigenvalue weighted by molar-refractivity contribution is 5.45. The van der Waals surface area contributed by atoms with Crippen LogP contribution in [0.15, 0.2) is 0 Å². The van der Waals surface area contributed by atoms with Crippen molar-refractivity contribution in [3.63, 3.8) is 0 Å². The van der Waals surface area contributed by atoms with Gasteiger partial charge in [0, 0.05) is 11.3 Å². The molecule has 0 aliphatic carbocycles. The summed E-state index contributed by atoms with van der Waals surface area (Å²) < 4.78 is 0. The molecule has 1 rings (SSSR count). The summed E-state index contributed by atoms with van der Waals surface area (Å²) in [5, 5.41) is 0. The fourth-order valence-electron chi connectivity index (χ4n) is 1.20. The Hall–Kier alpha value is -1.32. The van der Waals surface area contributed by atoms with E-state index in [1.54, 1.807) is 0 Å². The minimum Gasteiger partial charge on any atom is -0.383 e. The van der Waals surface area contributed by atoms with Crippen LogP contribution < -0.4 is 11.5 Å². The lowest BCUT2D eigenvalue weighted by atomic mass is 10.1. The van der Waals surface area contributed by atoms with Crippen molar-refractivity contribution in [2.45, 2.75) is 26.7 Å². The van der Waals surface area contributed by atoms with Crippen molar-refractivity contribution in [2.75, 3.05) is 11.5 Å². The molecule has 4 heteroatoms. The molecule has 0 spiro atoms. The number of aromatic nitrogens is 2. The molecule has 1 aromatic rings. The zero-order valence-electron chi connectivity index (χ0n) is 7.46. The van der Waals surface area contributed by atoms with Gasteiger partial charge in [-0.2, -0.15) is 4.98 Å². The molecule has 0 aliphatic heterocycles. The van der Waals surface area contributed by atoms with Crippen molar-refractivity contribution >= 4 is 11.8 Å². The van der Waals surface area contributed by atoms with E-state index in [0.29, 0.717) is 5.82 Å². The lowest BCUT2D eigenvalue weighted by Gasteiger charge is -2.06. The second-order valence-electron chi connectivity index (χ2n) is 2.78. The van der Waals surface area contributed by atoms with Gasteiger partial charge < -0.3 is 11.5 Å². The SMILES string of the molecule is CCCc1c(C)nc(N)nc1N. The lowest BCUT2D eigenvalue weighted by molar-refractivity contribution is 0.891. The Morgan fingerprint density at radius 1 is 1.25 bits per heavy atom. The molecule has 4 N–H and O–H groups in total. The van der Waals surface area contributed by atoms with Crippen molar-refractivity contribution in [1.82, 2.24) is 9.97 Å². The first-order chi connectivity index (χ1) is 5.65. The van der Waals surface area contributed by atoms with E-state index in [9.17, 15) is 0 Å². The second-order valence-corrected chi connectivity index (χ2v) is 2.78. The van der Waals surface area contributed by atoms with Gasteiger partial charge >= 0.3 is 0 Å². The number of anilines is 2. The van der Waals surface area contributed by atoms with Gasteiger partial charge in [0.15, 0.2) is 0 Å². The quantitative estimate of drug-likeness (QED) is 0.684. The molecular formula is C8H14N4. The molecule has 1 heterocycles.